The first-order chi connectivity index (χ1) is 11.8. The lowest BCUT2D eigenvalue weighted by Gasteiger charge is -2.35. The molecule has 1 aromatic rings. The van der Waals surface area contributed by atoms with Crippen molar-refractivity contribution in [3.05, 3.63) is 23.9 Å². The number of rotatable bonds is 8. The maximum Gasteiger partial charge on any atom is 0.240 e. The summed E-state index contributed by atoms with van der Waals surface area (Å²) in [4.78, 5) is 20.6. The number of aromatic nitrogens is 1. The topological polar surface area (TPSA) is 71.7 Å². The summed E-state index contributed by atoms with van der Waals surface area (Å²) in [5.41, 5.74) is 5.93. The molecule has 1 aliphatic heterocycles. The highest BCUT2D eigenvalue weighted by Gasteiger charge is 2.30. The number of anilines is 1. The summed E-state index contributed by atoms with van der Waals surface area (Å²) in [6.45, 7) is 6.50. The maximum absolute atomic E-state index is 11.8. The van der Waals surface area contributed by atoms with Gasteiger partial charge in [0.15, 0.2) is 0 Å². The Balaban J connectivity index is 2.10. The normalized spacial score (nSPS) is 18.6. The molecule has 1 aromatic heterocycles. The van der Waals surface area contributed by atoms with Gasteiger partial charge in [0.1, 0.15) is 17.5 Å². The van der Waals surface area contributed by atoms with E-state index in [1.165, 1.54) is 0 Å². The molecule has 6 heteroatoms. The molecular formula is C19H31N4O2. The smallest absolute Gasteiger partial charge is 0.240 e. The van der Waals surface area contributed by atoms with Gasteiger partial charge >= 0.3 is 0 Å². The first-order valence-corrected chi connectivity index (χ1v) is 9.05. The van der Waals surface area contributed by atoms with Crippen LogP contribution in [0.25, 0.3) is 0 Å². The van der Waals surface area contributed by atoms with Crippen molar-refractivity contribution < 1.29 is 9.53 Å². The average molecular weight is 347 g/mol. The number of nitrogens with zero attached hydrogens (tertiary/aromatic N) is 3. The lowest BCUT2D eigenvalue weighted by atomic mass is 10.0. The zero-order chi connectivity index (χ0) is 18.4. The van der Waals surface area contributed by atoms with Crippen LogP contribution in [-0.4, -0.2) is 55.6 Å². The van der Waals surface area contributed by atoms with Crippen molar-refractivity contribution in [2.75, 3.05) is 38.7 Å². The molecule has 1 amide bonds. The highest BCUT2D eigenvalue weighted by molar-refractivity contribution is 5.83. The molecule has 1 fully saturated rings. The number of piperidine rings is 1. The van der Waals surface area contributed by atoms with Crippen LogP contribution >= 0.6 is 0 Å². The van der Waals surface area contributed by atoms with Crippen LogP contribution in [-0.2, 0) is 15.1 Å². The van der Waals surface area contributed by atoms with Gasteiger partial charge in [0.25, 0.3) is 0 Å². The number of amides is 1. The van der Waals surface area contributed by atoms with E-state index in [4.69, 9.17) is 15.5 Å². The predicted molar refractivity (Wildman–Crippen MR) is 99.4 cm³/mol. The molecule has 139 valence electrons. The van der Waals surface area contributed by atoms with Gasteiger partial charge in [-0.2, -0.15) is 0 Å². The number of carbonyl (C=O) groups is 1. The fourth-order valence-corrected chi connectivity index (χ4v) is 3.12. The van der Waals surface area contributed by atoms with E-state index in [9.17, 15) is 4.79 Å². The van der Waals surface area contributed by atoms with Crippen LogP contribution in [0.1, 0.15) is 45.2 Å². The summed E-state index contributed by atoms with van der Waals surface area (Å²) in [6, 6.07) is 6.65. The summed E-state index contributed by atoms with van der Waals surface area (Å²) in [6.07, 6.45) is 3.80. The van der Waals surface area contributed by atoms with Gasteiger partial charge in [0.05, 0.1) is 5.69 Å². The van der Waals surface area contributed by atoms with Crippen LogP contribution in [0.4, 0.5) is 5.82 Å². The summed E-state index contributed by atoms with van der Waals surface area (Å²) in [5, 5.41) is 0. The van der Waals surface area contributed by atoms with Gasteiger partial charge < -0.3 is 20.3 Å². The minimum Gasteiger partial charge on any atom is -0.369 e. The summed E-state index contributed by atoms with van der Waals surface area (Å²) in [5.74, 6) is 0.394. The monoisotopic (exact) mass is 347 g/mol. The fraction of sp³-hybridized carbons (Fsp3) is 0.684. The second-order valence-electron chi connectivity index (χ2n) is 7.42. The van der Waals surface area contributed by atoms with Gasteiger partial charge in [0, 0.05) is 19.2 Å². The molecule has 2 rings (SSSR count). The van der Waals surface area contributed by atoms with Gasteiger partial charge in [-0.3, -0.25) is 4.79 Å². The Hall–Kier alpha value is -1.66. The quantitative estimate of drug-likeness (QED) is 0.728. The fourth-order valence-electron chi connectivity index (χ4n) is 3.12. The third kappa shape index (κ3) is 5.41. The summed E-state index contributed by atoms with van der Waals surface area (Å²) >= 11 is 0. The van der Waals surface area contributed by atoms with E-state index in [0.29, 0.717) is 12.4 Å². The van der Waals surface area contributed by atoms with E-state index in [2.05, 4.69) is 25.1 Å². The van der Waals surface area contributed by atoms with Gasteiger partial charge in [-0.1, -0.05) is 0 Å². The molecule has 1 atom stereocenters. The number of hydrogen-bond donors (Lipinski definition) is 1. The zero-order valence-electron chi connectivity index (χ0n) is 15.9. The predicted octanol–water partition coefficient (Wildman–Crippen LogP) is 1.93. The molecule has 1 radical (unpaired) electrons. The Morgan fingerprint density at radius 1 is 1.48 bits per heavy atom. The minimum atomic E-state index is -0.492. The van der Waals surface area contributed by atoms with Crippen molar-refractivity contribution in [2.45, 2.75) is 51.2 Å². The Morgan fingerprint density at radius 3 is 2.92 bits per heavy atom. The Bertz CT molecular complexity index is 574. The molecule has 0 aromatic carbocycles. The first kappa shape index (κ1) is 19.7. The summed E-state index contributed by atoms with van der Waals surface area (Å²) in [7, 11) is 4.11. The standard InChI is InChI=1S/C19H31N4O2/c1-19(2,25-14-8-12-22(3)4)16-10-7-11-17(21-16)23-13-6-5-9-15(23)18(20)24/h7,10,15H,5-6,8-9,12-14H2,1-4H3,(H2,20,24). The molecule has 1 aliphatic rings. The van der Waals surface area contributed by atoms with Crippen molar-refractivity contribution in [1.29, 1.82) is 0 Å². The number of ether oxygens (including phenoxy) is 1. The average Bonchev–Trinajstić information content (AvgIpc) is 2.59. The molecule has 1 saturated heterocycles. The number of hydrogen-bond acceptors (Lipinski definition) is 5. The molecule has 0 spiro atoms. The highest BCUT2D eigenvalue weighted by atomic mass is 16.5. The SMILES string of the molecule is CN(C)CCCOC(C)(C)c1cc[c]c(N2CCCCC2C(N)=O)n1. The maximum atomic E-state index is 11.8. The third-order valence-corrected chi connectivity index (χ3v) is 4.61. The van der Waals surface area contributed by atoms with E-state index in [1.54, 1.807) is 0 Å². The van der Waals surface area contributed by atoms with Crippen LogP contribution in [0.5, 0.6) is 0 Å². The van der Waals surface area contributed by atoms with Crippen molar-refractivity contribution >= 4 is 11.7 Å². The Labute approximate surface area is 151 Å². The molecule has 2 heterocycles. The molecule has 2 N–H and O–H groups in total. The molecule has 25 heavy (non-hydrogen) atoms. The second kappa shape index (κ2) is 8.63. The highest BCUT2D eigenvalue weighted by Crippen LogP contribution is 2.28. The van der Waals surface area contributed by atoms with Crippen LogP contribution in [0.3, 0.4) is 0 Å². The molecule has 0 bridgehead atoms. The van der Waals surface area contributed by atoms with E-state index in [0.717, 1.165) is 44.5 Å². The van der Waals surface area contributed by atoms with E-state index >= 15 is 0 Å². The zero-order valence-corrected chi connectivity index (χ0v) is 15.9. The minimum absolute atomic E-state index is 0.292. The number of carbonyl (C=O) groups excluding carboxylic acids is 1. The van der Waals surface area contributed by atoms with Gasteiger partial charge in [0.2, 0.25) is 5.91 Å². The van der Waals surface area contributed by atoms with Crippen LogP contribution in [0.15, 0.2) is 12.1 Å². The van der Waals surface area contributed by atoms with Crippen molar-refractivity contribution in [2.24, 2.45) is 5.73 Å². The molecule has 0 aliphatic carbocycles. The molecule has 1 unspecified atom stereocenters. The van der Waals surface area contributed by atoms with Gasteiger partial charge in [-0.25, -0.2) is 4.98 Å². The Kier molecular flexibility index (Phi) is 6.79. The lowest BCUT2D eigenvalue weighted by molar-refractivity contribution is -0.119. The molecular weight excluding hydrogens is 316 g/mol. The van der Waals surface area contributed by atoms with Crippen molar-refractivity contribution in [1.82, 2.24) is 9.88 Å². The number of nitrogens with two attached hydrogens (primary N) is 1. The van der Waals surface area contributed by atoms with Gasteiger partial charge in [-0.05, 0) is 72.3 Å². The van der Waals surface area contributed by atoms with Crippen molar-refractivity contribution in [3.8, 4) is 0 Å². The van der Waals surface area contributed by atoms with Crippen LogP contribution < -0.4 is 10.6 Å². The van der Waals surface area contributed by atoms with E-state index < -0.39 is 5.60 Å². The molecule has 6 nitrogen and oxygen atoms in total. The summed E-state index contributed by atoms with van der Waals surface area (Å²) < 4.78 is 6.07. The van der Waals surface area contributed by atoms with Crippen molar-refractivity contribution in [3.63, 3.8) is 0 Å². The largest absolute Gasteiger partial charge is 0.369 e. The van der Waals surface area contributed by atoms with Crippen LogP contribution in [0, 0.1) is 6.07 Å². The van der Waals surface area contributed by atoms with E-state index in [1.807, 2.05) is 30.9 Å². The number of pyridine rings is 1. The number of primary amides is 1. The Morgan fingerprint density at radius 2 is 2.24 bits per heavy atom. The lowest BCUT2D eigenvalue weighted by Crippen LogP contribution is -2.48. The third-order valence-electron chi connectivity index (χ3n) is 4.61. The molecule has 0 saturated carbocycles. The van der Waals surface area contributed by atoms with E-state index in [-0.39, 0.29) is 11.9 Å². The second-order valence-corrected chi connectivity index (χ2v) is 7.42. The van der Waals surface area contributed by atoms with Gasteiger partial charge in [-0.15, -0.1) is 0 Å². The van der Waals surface area contributed by atoms with Crippen LogP contribution in [0.2, 0.25) is 0 Å². The first-order valence-electron chi connectivity index (χ1n) is 9.05.